The lowest BCUT2D eigenvalue weighted by atomic mass is 10.1. The lowest BCUT2D eigenvalue weighted by Crippen LogP contribution is -2.36. The third-order valence-electron chi connectivity index (χ3n) is 5.28. The quantitative estimate of drug-likeness (QED) is 0.202. The van der Waals surface area contributed by atoms with Gasteiger partial charge in [0, 0.05) is 51.6 Å². The van der Waals surface area contributed by atoms with E-state index in [-0.39, 0.29) is 24.0 Å². The van der Waals surface area contributed by atoms with Gasteiger partial charge in [-0.25, -0.2) is 4.98 Å². The molecule has 7 nitrogen and oxygen atoms in total. The topological polar surface area (TPSA) is 71.0 Å². The molecule has 0 amide bonds. The van der Waals surface area contributed by atoms with Crippen LogP contribution in [0.4, 0.5) is 5.82 Å². The Bertz CT molecular complexity index is 856. The van der Waals surface area contributed by atoms with Crippen molar-refractivity contribution in [3.63, 3.8) is 0 Å². The van der Waals surface area contributed by atoms with Crippen LogP contribution in [0.15, 0.2) is 41.5 Å². The molecule has 1 aliphatic heterocycles. The summed E-state index contributed by atoms with van der Waals surface area (Å²) in [5.41, 5.74) is 3.45. The summed E-state index contributed by atoms with van der Waals surface area (Å²) >= 11 is 0. The van der Waals surface area contributed by atoms with E-state index in [2.05, 4.69) is 56.7 Å². The molecule has 2 aromatic rings. The van der Waals surface area contributed by atoms with Gasteiger partial charge in [-0.3, -0.25) is 4.99 Å². The molecule has 1 aromatic heterocycles. The molecule has 0 aliphatic carbocycles. The van der Waals surface area contributed by atoms with Crippen molar-refractivity contribution < 1.29 is 9.47 Å². The third kappa shape index (κ3) is 8.12. The molecule has 3 rings (SSSR count). The summed E-state index contributed by atoms with van der Waals surface area (Å²) in [6.07, 6.45) is 4.38. The minimum absolute atomic E-state index is 0. The molecule has 0 bridgehead atoms. The molecule has 2 N–H and O–H groups in total. The molecular weight excluding hydrogens is 517 g/mol. The minimum Gasteiger partial charge on any atom is -0.491 e. The number of ether oxygens (including phenoxy) is 2. The number of nitrogens with one attached hydrogen (secondary N) is 2. The van der Waals surface area contributed by atoms with Gasteiger partial charge in [-0.05, 0) is 56.0 Å². The molecule has 1 aliphatic rings. The maximum Gasteiger partial charge on any atom is 0.191 e. The molecule has 1 saturated heterocycles. The van der Waals surface area contributed by atoms with Crippen molar-refractivity contribution in [2.45, 2.75) is 39.8 Å². The number of rotatable bonds is 10. The van der Waals surface area contributed by atoms with E-state index in [1.807, 2.05) is 19.2 Å². The van der Waals surface area contributed by atoms with E-state index in [0.29, 0.717) is 32.9 Å². The Morgan fingerprint density at radius 3 is 2.62 bits per heavy atom. The van der Waals surface area contributed by atoms with Gasteiger partial charge in [0.1, 0.15) is 18.2 Å². The summed E-state index contributed by atoms with van der Waals surface area (Å²) in [6, 6.07) is 10.5. The smallest absolute Gasteiger partial charge is 0.191 e. The number of guanidine groups is 1. The second-order valence-electron chi connectivity index (χ2n) is 7.65. The van der Waals surface area contributed by atoms with Crippen molar-refractivity contribution in [3.05, 3.63) is 53.2 Å². The number of pyridine rings is 1. The summed E-state index contributed by atoms with van der Waals surface area (Å²) < 4.78 is 11.3. The average molecular weight is 553 g/mol. The van der Waals surface area contributed by atoms with E-state index < -0.39 is 0 Å². The van der Waals surface area contributed by atoms with E-state index in [4.69, 9.17) is 9.47 Å². The lowest BCUT2D eigenvalue weighted by molar-refractivity contribution is 0.110. The number of aromatic nitrogens is 1. The molecule has 1 fully saturated rings. The van der Waals surface area contributed by atoms with Gasteiger partial charge in [-0.15, -0.1) is 24.0 Å². The summed E-state index contributed by atoms with van der Waals surface area (Å²) in [5, 5.41) is 6.79. The first-order chi connectivity index (χ1) is 15.2. The zero-order valence-electron chi connectivity index (χ0n) is 19.4. The van der Waals surface area contributed by atoms with E-state index in [0.717, 1.165) is 36.2 Å². The SMILES string of the molecule is CCOCCOc1cc(C)ccc1CNC(=NC)NCc1ccnc(N2CCCC2)c1.I. The van der Waals surface area contributed by atoms with E-state index in [1.54, 1.807) is 7.05 Å². The predicted molar refractivity (Wildman–Crippen MR) is 141 cm³/mol. The lowest BCUT2D eigenvalue weighted by Gasteiger charge is -2.18. The first-order valence-electron chi connectivity index (χ1n) is 11.1. The monoisotopic (exact) mass is 553 g/mol. The Balaban J connectivity index is 0.00000363. The van der Waals surface area contributed by atoms with Crippen LogP contribution in [0.3, 0.4) is 0 Å². The highest BCUT2D eigenvalue weighted by molar-refractivity contribution is 14.0. The Labute approximate surface area is 209 Å². The van der Waals surface area contributed by atoms with Crippen LogP contribution in [0.25, 0.3) is 0 Å². The highest BCUT2D eigenvalue weighted by Crippen LogP contribution is 2.21. The van der Waals surface area contributed by atoms with Crippen LogP contribution in [0, 0.1) is 6.92 Å². The van der Waals surface area contributed by atoms with Crippen LogP contribution in [-0.2, 0) is 17.8 Å². The summed E-state index contributed by atoms with van der Waals surface area (Å²) in [5.74, 6) is 2.70. The van der Waals surface area contributed by atoms with Crippen molar-refractivity contribution in [3.8, 4) is 5.75 Å². The molecule has 0 unspecified atom stereocenters. The number of hydrogen-bond acceptors (Lipinski definition) is 5. The predicted octanol–water partition coefficient (Wildman–Crippen LogP) is 3.89. The Kier molecular flexibility index (Phi) is 11.6. The number of hydrogen-bond donors (Lipinski definition) is 2. The Morgan fingerprint density at radius 2 is 1.88 bits per heavy atom. The standard InChI is InChI=1S/C24H35N5O2.HI/c1-4-30-13-14-31-22-15-19(2)7-8-21(22)18-28-24(25-3)27-17-20-9-10-26-23(16-20)29-11-5-6-12-29;/h7-10,15-16H,4-6,11-14,17-18H2,1-3H3,(H2,25,27,28);1H. The molecule has 0 radical (unpaired) electrons. The molecule has 176 valence electrons. The number of anilines is 1. The minimum atomic E-state index is 0. The van der Waals surface area contributed by atoms with Crippen LogP contribution >= 0.6 is 24.0 Å². The molecule has 0 saturated carbocycles. The fourth-order valence-electron chi connectivity index (χ4n) is 3.57. The van der Waals surface area contributed by atoms with Gasteiger partial charge in [0.2, 0.25) is 0 Å². The van der Waals surface area contributed by atoms with Gasteiger partial charge in [0.05, 0.1) is 6.61 Å². The fraction of sp³-hybridized carbons (Fsp3) is 0.500. The van der Waals surface area contributed by atoms with Crippen LogP contribution in [-0.4, -0.2) is 50.9 Å². The Morgan fingerprint density at radius 1 is 1.09 bits per heavy atom. The van der Waals surface area contributed by atoms with Crippen molar-refractivity contribution in [1.82, 2.24) is 15.6 Å². The van der Waals surface area contributed by atoms with Crippen molar-refractivity contribution in [1.29, 1.82) is 0 Å². The van der Waals surface area contributed by atoms with Crippen LogP contribution in [0.1, 0.15) is 36.5 Å². The van der Waals surface area contributed by atoms with E-state index in [1.165, 1.54) is 24.0 Å². The van der Waals surface area contributed by atoms with E-state index in [9.17, 15) is 0 Å². The molecule has 0 atom stereocenters. The second kappa shape index (κ2) is 14.2. The highest BCUT2D eigenvalue weighted by Gasteiger charge is 2.13. The Hall–Kier alpha value is -2.07. The van der Waals surface area contributed by atoms with Gasteiger partial charge < -0.3 is 25.0 Å². The number of halogens is 1. The zero-order chi connectivity index (χ0) is 21.9. The van der Waals surface area contributed by atoms with Crippen LogP contribution < -0.4 is 20.3 Å². The first kappa shape index (κ1) is 26.2. The fourth-order valence-corrected chi connectivity index (χ4v) is 3.57. The normalized spacial score (nSPS) is 13.6. The molecule has 2 heterocycles. The van der Waals surface area contributed by atoms with E-state index >= 15 is 0 Å². The van der Waals surface area contributed by atoms with Crippen LogP contribution in [0.5, 0.6) is 5.75 Å². The number of benzene rings is 1. The molecule has 0 spiro atoms. The van der Waals surface area contributed by atoms with Gasteiger partial charge in [0.15, 0.2) is 5.96 Å². The summed E-state index contributed by atoms with van der Waals surface area (Å²) in [4.78, 5) is 11.2. The number of nitrogens with zero attached hydrogens (tertiary/aromatic N) is 3. The molecular formula is C24H36IN5O2. The molecule has 32 heavy (non-hydrogen) atoms. The number of aryl methyl sites for hydroxylation is 1. The maximum atomic E-state index is 5.94. The van der Waals surface area contributed by atoms with Crippen molar-refractivity contribution in [2.75, 3.05) is 44.9 Å². The summed E-state index contributed by atoms with van der Waals surface area (Å²) in [6.45, 7) is 9.39. The zero-order valence-corrected chi connectivity index (χ0v) is 21.7. The van der Waals surface area contributed by atoms with Gasteiger partial charge in [-0.2, -0.15) is 0 Å². The number of aliphatic imine (C=N–C) groups is 1. The molecule has 8 heteroatoms. The van der Waals surface area contributed by atoms with Crippen LogP contribution in [0.2, 0.25) is 0 Å². The first-order valence-corrected chi connectivity index (χ1v) is 11.1. The molecule has 1 aromatic carbocycles. The van der Waals surface area contributed by atoms with Crippen molar-refractivity contribution in [2.24, 2.45) is 4.99 Å². The third-order valence-corrected chi connectivity index (χ3v) is 5.28. The largest absolute Gasteiger partial charge is 0.491 e. The highest BCUT2D eigenvalue weighted by atomic mass is 127. The second-order valence-corrected chi connectivity index (χ2v) is 7.65. The van der Waals surface area contributed by atoms with Gasteiger partial charge >= 0.3 is 0 Å². The van der Waals surface area contributed by atoms with Gasteiger partial charge in [-0.1, -0.05) is 12.1 Å². The van der Waals surface area contributed by atoms with Crippen molar-refractivity contribution >= 4 is 35.8 Å². The average Bonchev–Trinajstić information content (AvgIpc) is 3.33. The van der Waals surface area contributed by atoms with Gasteiger partial charge in [0.25, 0.3) is 0 Å². The summed E-state index contributed by atoms with van der Waals surface area (Å²) in [7, 11) is 1.78. The maximum absolute atomic E-state index is 5.94.